The molecule has 0 spiro atoms. The highest BCUT2D eigenvalue weighted by atomic mass is 32.1. The topological polar surface area (TPSA) is 45.2 Å². The van der Waals surface area contributed by atoms with Crippen LogP contribution in [0.15, 0.2) is 5.51 Å². The Morgan fingerprint density at radius 3 is 3.00 bits per heavy atom. The zero-order valence-corrected chi connectivity index (χ0v) is 8.90. The predicted molar refractivity (Wildman–Crippen MR) is 55.1 cm³/mol. The summed E-state index contributed by atoms with van der Waals surface area (Å²) in [5, 5.41) is 12.2. The number of aliphatic hydroxyl groups is 1. The van der Waals surface area contributed by atoms with Crippen LogP contribution in [-0.2, 0) is 6.42 Å². The second-order valence-electron chi connectivity index (χ2n) is 3.16. The molecule has 74 valence electrons. The summed E-state index contributed by atoms with van der Waals surface area (Å²) in [4.78, 5) is 5.50. The Labute approximate surface area is 82.8 Å². The fourth-order valence-corrected chi connectivity index (χ4v) is 1.86. The number of aliphatic hydroxyl groups excluding tert-OH is 1. The number of aryl methyl sites for hydroxylation is 1. The molecule has 0 amide bonds. The van der Waals surface area contributed by atoms with Crippen molar-refractivity contribution >= 4 is 11.3 Å². The van der Waals surface area contributed by atoms with E-state index in [4.69, 9.17) is 5.11 Å². The molecule has 0 aliphatic heterocycles. The maximum absolute atomic E-state index is 8.99. The third-order valence-electron chi connectivity index (χ3n) is 1.81. The van der Waals surface area contributed by atoms with E-state index in [2.05, 4.69) is 10.3 Å². The number of hydrogen-bond acceptors (Lipinski definition) is 4. The van der Waals surface area contributed by atoms with E-state index in [1.807, 2.05) is 12.4 Å². The minimum Gasteiger partial charge on any atom is -0.392 e. The van der Waals surface area contributed by atoms with Gasteiger partial charge in [0.1, 0.15) is 0 Å². The van der Waals surface area contributed by atoms with Crippen molar-refractivity contribution in [1.29, 1.82) is 0 Å². The first-order valence-corrected chi connectivity index (χ1v) is 5.36. The van der Waals surface area contributed by atoms with E-state index in [1.165, 1.54) is 4.88 Å². The monoisotopic (exact) mass is 200 g/mol. The Hall–Kier alpha value is -0.450. The number of rotatable bonds is 5. The standard InChI is InChI=1S/C9H16N2OS/c1-7(12)5-10-4-3-9-8(2)11-6-13-9/h6-7,10,12H,3-5H2,1-2H3. The highest BCUT2D eigenvalue weighted by molar-refractivity contribution is 7.09. The van der Waals surface area contributed by atoms with Crippen LogP contribution in [0, 0.1) is 6.92 Å². The van der Waals surface area contributed by atoms with Crippen molar-refractivity contribution in [2.75, 3.05) is 13.1 Å². The average molecular weight is 200 g/mol. The van der Waals surface area contributed by atoms with Crippen LogP contribution < -0.4 is 5.32 Å². The van der Waals surface area contributed by atoms with Gasteiger partial charge >= 0.3 is 0 Å². The van der Waals surface area contributed by atoms with Gasteiger partial charge in [0, 0.05) is 18.0 Å². The van der Waals surface area contributed by atoms with Gasteiger partial charge in [-0.1, -0.05) is 0 Å². The first-order chi connectivity index (χ1) is 6.20. The van der Waals surface area contributed by atoms with Gasteiger partial charge in [-0.25, -0.2) is 4.98 Å². The molecular formula is C9H16N2OS. The fourth-order valence-electron chi connectivity index (χ4n) is 1.08. The van der Waals surface area contributed by atoms with Crippen LogP contribution in [0.4, 0.5) is 0 Å². The predicted octanol–water partition coefficient (Wildman–Crippen LogP) is 0.964. The average Bonchev–Trinajstić information content (AvgIpc) is 2.45. The van der Waals surface area contributed by atoms with Gasteiger partial charge < -0.3 is 10.4 Å². The van der Waals surface area contributed by atoms with Gasteiger partial charge in [-0.15, -0.1) is 11.3 Å². The zero-order chi connectivity index (χ0) is 9.68. The lowest BCUT2D eigenvalue weighted by molar-refractivity contribution is 0.192. The molecule has 1 aromatic heterocycles. The second kappa shape index (κ2) is 5.32. The zero-order valence-electron chi connectivity index (χ0n) is 8.08. The molecule has 1 aromatic rings. The van der Waals surface area contributed by atoms with Crippen LogP contribution in [0.2, 0.25) is 0 Å². The molecule has 1 unspecified atom stereocenters. The van der Waals surface area contributed by atoms with Crippen molar-refractivity contribution in [3.05, 3.63) is 16.1 Å². The van der Waals surface area contributed by atoms with Crippen molar-refractivity contribution in [3.63, 3.8) is 0 Å². The maximum atomic E-state index is 8.99. The summed E-state index contributed by atoms with van der Waals surface area (Å²) in [5.74, 6) is 0. The van der Waals surface area contributed by atoms with Gasteiger partial charge in [0.2, 0.25) is 0 Å². The van der Waals surface area contributed by atoms with E-state index >= 15 is 0 Å². The molecule has 1 heterocycles. The highest BCUT2D eigenvalue weighted by Crippen LogP contribution is 2.11. The SMILES string of the molecule is Cc1ncsc1CCNCC(C)O. The molecule has 0 aromatic carbocycles. The molecule has 1 atom stereocenters. The third-order valence-corrected chi connectivity index (χ3v) is 2.81. The van der Waals surface area contributed by atoms with Gasteiger partial charge in [0.05, 0.1) is 17.3 Å². The van der Waals surface area contributed by atoms with E-state index in [0.717, 1.165) is 18.7 Å². The summed E-state index contributed by atoms with van der Waals surface area (Å²) in [5.41, 5.74) is 3.00. The van der Waals surface area contributed by atoms with Crippen LogP contribution in [0.5, 0.6) is 0 Å². The van der Waals surface area contributed by atoms with E-state index in [0.29, 0.717) is 6.54 Å². The number of nitrogens with zero attached hydrogens (tertiary/aromatic N) is 1. The van der Waals surface area contributed by atoms with Crippen LogP contribution in [-0.4, -0.2) is 29.3 Å². The number of thiazole rings is 1. The fraction of sp³-hybridized carbons (Fsp3) is 0.667. The lowest BCUT2D eigenvalue weighted by atomic mass is 10.3. The van der Waals surface area contributed by atoms with E-state index in [-0.39, 0.29) is 6.10 Å². The summed E-state index contributed by atoms with van der Waals surface area (Å²) in [7, 11) is 0. The molecule has 2 N–H and O–H groups in total. The smallest absolute Gasteiger partial charge is 0.0797 e. The molecule has 0 aliphatic rings. The van der Waals surface area contributed by atoms with Crippen molar-refractivity contribution in [2.24, 2.45) is 0 Å². The number of aromatic nitrogens is 1. The molecule has 4 heteroatoms. The van der Waals surface area contributed by atoms with Crippen molar-refractivity contribution in [3.8, 4) is 0 Å². The Balaban J connectivity index is 2.17. The molecular weight excluding hydrogens is 184 g/mol. The molecule has 0 aliphatic carbocycles. The molecule has 0 radical (unpaired) electrons. The summed E-state index contributed by atoms with van der Waals surface area (Å²) >= 11 is 1.69. The minimum atomic E-state index is -0.262. The van der Waals surface area contributed by atoms with Crippen LogP contribution >= 0.6 is 11.3 Å². The lowest BCUT2D eigenvalue weighted by Crippen LogP contribution is -2.26. The molecule has 0 saturated carbocycles. The van der Waals surface area contributed by atoms with E-state index < -0.39 is 0 Å². The van der Waals surface area contributed by atoms with Crippen molar-refractivity contribution < 1.29 is 5.11 Å². The van der Waals surface area contributed by atoms with Gasteiger partial charge in [0.25, 0.3) is 0 Å². The largest absolute Gasteiger partial charge is 0.392 e. The van der Waals surface area contributed by atoms with Gasteiger partial charge in [-0.05, 0) is 20.3 Å². The molecule has 1 rings (SSSR count). The van der Waals surface area contributed by atoms with E-state index in [1.54, 1.807) is 18.3 Å². The molecule has 0 saturated heterocycles. The number of hydrogen-bond donors (Lipinski definition) is 2. The Bertz CT molecular complexity index is 248. The normalized spacial score (nSPS) is 13.2. The molecule has 0 fully saturated rings. The Kier molecular flexibility index (Phi) is 4.35. The summed E-state index contributed by atoms with van der Waals surface area (Å²) in [6.45, 7) is 5.39. The summed E-state index contributed by atoms with van der Waals surface area (Å²) < 4.78 is 0. The van der Waals surface area contributed by atoms with Crippen LogP contribution in [0.1, 0.15) is 17.5 Å². The van der Waals surface area contributed by atoms with Crippen LogP contribution in [0.25, 0.3) is 0 Å². The Morgan fingerprint density at radius 2 is 2.46 bits per heavy atom. The number of nitrogens with one attached hydrogen (secondary N) is 1. The molecule has 0 bridgehead atoms. The first-order valence-electron chi connectivity index (χ1n) is 4.48. The quantitative estimate of drug-likeness (QED) is 0.696. The van der Waals surface area contributed by atoms with Gasteiger partial charge in [0.15, 0.2) is 0 Å². The second-order valence-corrected chi connectivity index (χ2v) is 4.10. The Morgan fingerprint density at radius 1 is 1.69 bits per heavy atom. The maximum Gasteiger partial charge on any atom is 0.0797 e. The van der Waals surface area contributed by atoms with Gasteiger partial charge in [-0.3, -0.25) is 0 Å². The molecule has 13 heavy (non-hydrogen) atoms. The summed E-state index contributed by atoms with van der Waals surface area (Å²) in [6.07, 6.45) is 0.742. The summed E-state index contributed by atoms with van der Waals surface area (Å²) in [6, 6.07) is 0. The minimum absolute atomic E-state index is 0.262. The van der Waals surface area contributed by atoms with E-state index in [9.17, 15) is 0 Å². The van der Waals surface area contributed by atoms with Gasteiger partial charge in [-0.2, -0.15) is 0 Å². The van der Waals surface area contributed by atoms with Crippen LogP contribution in [0.3, 0.4) is 0 Å². The highest BCUT2D eigenvalue weighted by Gasteiger charge is 2.00. The van der Waals surface area contributed by atoms with Crippen molar-refractivity contribution in [2.45, 2.75) is 26.4 Å². The first kappa shape index (κ1) is 10.6. The lowest BCUT2D eigenvalue weighted by Gasteiger charge is -2.05. The molecule has 3 nitrogen and oxygen atoms in total. The third kappa shape index (κ3) is 3.85. The van der Waals surface area contributed by atoms with Crippen molar-refractivity contribution in [1.82, 2.24) is 10.3 Å².